The van der Waals surface area contributed by atoms with Gasteiger partial charge in [-0.3, -0.25) is 4.31 Å². The van der Waals surface area contributed by atoms with Gasteiger partial charge in [-0.25, -0.2) is 13.2 Å². The third kappa shape index (κ3) is 3.01. The Balaban J connectivity index is 3.40. The van der Waals surface area contributed by atoms with Gasteiger partial charge in [0.25, 0.3) is 0 Å². The fourth-order valence-corrected chi connectivity index (χ4v) is 3.05. The molecule has 5 nitrogen and oxygen atoms in total. The van der Waals surface area contributed by atoms with Crippen molar-refractivity contribution in [2.75, 3.05) is 10.6 Å². The molecule has 0 spiro atoms. The largest absolute Gasteiger partial charge is 0.480 e. The van der Waals surface area contributed by atoms with Crippen molar-refractivity contribution in [3.8, 4) is 0 Å². The summed E-state index contributed by atoms with van der Waals surface area (Å²) in [5.41, 5.74) is 2.12. The zero-order chi connectivity index (χ0) is 14.1. The van der Waals surface area contributed by atoms with Crippen molar-refractivity contribution in [1.82, 2.24) is 0 Å². The summed E-state index contributed by atoms with van der Waals surface area (Å²) in [5, 5.41) is 9.02. The van der Waals surface area contributed by atoms with Gasteiger partial charge in [0.05, 0.1) is 11.9 Å². The Labute approximate surface area is 107 Å². The molecule has 0 aliphatic carbocycles. The van der Waals surface area contributed by atoms with Crippen LogP contribution in [0.4, 0.5) is 5.69 Å². The number of aliphatic carboxylic acids is 1. The summed E-state index contributed by atoms with van der Waals surface area (Å²) >= 11 is 0. The number of carboxylic acid groups (broad SMARTS) is 1. The second kappa shape index (κ2) is 4.97. The van der Waals surface area contributed by atoms with Crippen molar-refractivity contribution in [1.29, 1.82) is 0 Å². The molecular weight excluding hydrogens is 254 g/mol. The zero-order valence-corrected chi connectivity index (χ0v) is 11.7. The lowest BCUT2D eigenvalue weighted by atomic mass is 10.1. The van der Waals surface area contributed by atoms with Gasteiger partial charge in [-0.2, -0.15) is 0 Å². The van der Waals surface area contributed by atoms with Gasteiger partial charge >= 0.3 is 5.97 Å². The molecule has 0 bridgehead atoms. The Morgan fingerprint density at radius 1 is 1.33 bits per heavy atom. The smallest absolute Gasteiger partial charge is 0.327 e. The fraction of sp³-hybridized carbons (Fsp3) is 0.417. The van der Waals surface area contributed by atoms with E-state index in [2.05, 4.69) is 0 Å². The molecule has 1 aromatic rings. The molecule has 6 heteroatoms. The van der Waals surface area contributed by atoms with Crippen molar-refractivity contribution in [3.05, 3.63) is 29.3 Å². The van der Waals surface area contributed by atoms with Gasteiger partial charge in [-0.1, -0.05) is 17.7 Å². The predicted octanol–water partition coefficient (Wildman–Crippen LogP) is 1.54. The number of nitrogens with zero attached hydrogens (tertiary/aromatic N) is 1. The second-order valence-electron chi connectivity index (χ2n) is 4.36. The number of anilines is 1. The van der Waals surface area contributed by atoms with E-state index in [4.69, 9.17) is 5.11 Å². The minimum atomic E-state index is -3.65. The maximum absolute atomic E-state index is 11.8. The number of aryl methyl sites for hydroxylation is 2. The molecule has 1 atom stereocenters. The summed E-state index contributed by atoms with van der Waals surface area (Å²) in [6, 6.07) is 4.07. The number of carboxylic acids is 1. The average molecular weight is 271 g/mol. The number of benzene rings is 1. The van der Waals surface area contributed by atoms with E-state index in [0.717, 1.165) is 21.7 Å². The third-order valence-corrected chi connectivity index (χ3v) is 3.88. The van der Waals surface area contributed by atoms with E-state index < -0.39 is 22.0 Å². The lowest BCUT2D eigenvalue weighted by Gasteiger charge is -2.27. The van der Waals surface area contributed by atoms with Crippen LogP contribution in [0.1, 0.15) is 18.1 Å². The Morgan fingerprint density at radius 2 is 1.89 bits per heavy atom. The number of hydrogen-bond acceptors (Lipinski definition) is 3. The van der Waals surface area contributed by atoms with E-state index >= 15 is 0 Å². The minimum absolute atomic E-state index is 0.401. The van der Waals surface area contributed by atoms with Crippen molar-refractivity contribution < 1.29 is 18.3 Å². The summed E-state index contributed by atoms with van der Waals surface area (Å²) in [6.07, 6.45) is 1.01. The molecule has 0 aliphatic heterocycles. The lowest BCUT2D eigenvalue weighted by molar-refractivity contribution is -0.137. The van der Waals surface area contributed by atoms with Gasteiger partial charge in [-0.05, 0) is 32.4 Å². The molecule has 0 fully saturated rings. The van der Waals surface area contributed by atoms with Gasteiger partial charge in [0.15, 0.2) is 0 Å². The van der Waals surface area contributed by atoms with Gasteiger partial charge < -0.3 is 5.11 Å². The van der Waals surface area contributed by atoms with E-state index in [0.29, 0.717) is 5.69 Å². The van der Waals surface area contributed by atoms with Crippen molar-refractivity contribution in [2.24, 2.45) is 0 Å². The Morgan fingerprint density at radius 3 is 2.28 bits per heavy atom. The molecule has 1 rings (SSSR count). The molecule has 18 heavy (non-hydrogen) atoms. The first-order valence-corrected chi connectivity index (χ1v) is 7.29. The summed E-state index contributed by atoms with van der Waals surface area (Å²) in [7, 11) is -3.65. The molecule has 0 heterocycles. The monoisotopic (exact) mass is 271 g/mol. The van der Waals surface area contributed by atoms with Gasteiger partial charge in [0.2, 0.25) is 10.0 Å². The van der Waals surface area contributed by atoms with Crippen LogP contribution in [0.15, 0.2) is 18.2 Å². The summed E-state index contributed by atoms with van der Waals surface area (Å²) in [4.78, 5) is 11.0. The highest BCUT2D eigenvalue weighted by molar-refractivity contribution is 7.92. The summed E-state index contributed by atoms with van der Waals surface area (Å²) in [6.45, 7) is 5.00. The molecule has 1 aromatic carbocycles. The summed E-state index contributed by atoms with van der Waals surface area (Å²) < 4.78 is 24.5. The minimum Gasteiger partial charge on any atom is -0.480 e. The standard InChI is InChI=1S/C12H17NO4S/c1-8-5-6-11(9(2)7-8)13(18(4,16)17)10(3)12(14)15/h5-7,10H,1-4H3,(H,14,15). The predicted molar refractivity (Wildman–Crippen MR) is 70.3 cm³/mol. The van der Waals surface area contributed by atoms with Crippen molar-refractivity contribution in [3.63, 3.8) is 0 Å². The molecule has 0 saturated carbocycles. The van der Waals surface area contributed by atoms with Crippen LogP contribution in [0.5, 0.6) is 0 Å². The van der Waals surface area contributed by atoms with Crippen molar-refractivity contribution >= 4 is 21.7 Å². The van der Waals surface area contributed by atoms with Crippen LogP contribution >= 0.6 is 0 Å². The van der Waals surface area contributed by atoms with Gasteiger partial charge in [-0.15, -0.1) is 0 Å². The molecule has 0 saturated heterocycles. The first-order valence-electron chi connectivity index (χ1n) is 5.44. The molecule has 0 amide bonds. The molecule has 100 valence electrons. The van der Waals surface area contributed by atoms with E-state index in [9.17, 15) is 13.2 Å². The fourth-order valence-electron chi connectivity index (χ4n) is 1.83. The molecular formula is C12H17NO4S. The number of rotatable bonds is 4. The van der Waals surface area contributed by atoms with Gasteiger partial charge in [0, 0.05) is 0 Å². The molecule has 0 aliphatic rings. The van der Waals surface area contributed by atoms with E-state index in [1.165, 1.54) is 6.92 Å². The zero-order valence-electron chi connectivity index (χ0n) is 10.8. The van der Waals surface area contributed by atoms with Crippen LogP contribution in [0.3, 0.4) is 0 Å². The van der Waals surface area contributed by atoms with Crippen LogP contribution in [0.25, 0.3) is 0 Å². The van der Waals surface area contributed by atoms with E-state index in [-0.39, 0.29) is 0 Å². The highest BCUT2D eigenvalue weighted by Gasteiger charge is 2.29. The van der Waals surface area contributed by atoms with Crippen LogP contribution in [0, 0.1) is 13.8 Å². The highest BCUT2D eigenvalue weighted by Crippen LogP contribution is 2.25. The normalized spacial score (nSPS) is 13.1. The van der Waals surface area contributed by atoms with Crippen LogP contribution in [-0.4, -0.2) is 31.8 Å². The number of sulfonamides is 1. The molecule has 1 unspecified atom stereocenters. The molecule has 1 N–H and O–H groups in total. The van der Waals surface area contributed by atoms with Crippen LogP contribution in [-0.2, 0) is 14.8 Å². The first kappa shape index (κ1) is 14.5. The maximum Gasteiger partial charge on any atom is 0.327 e. The third-order valence-electron chi connectivity index (χ3n) is 2.66. The quantitative estimate of drug-likeness (QED) is 0.901. The summed E-state index contributed by atoms with van der Waals surface area (Å²) in [5.74, 6) is -1.18. The molecule has 0 aromatic heterocycles. The Bertz CT molecular complexity index is 565. The Hall–Kier alpha value is -1.56. The highest BCUT2D eigenvalue weighted by atomic mass is 32.2. The van der Waals surface area contributed by atoms with Gasteiger partial charge in [0.1, 0.15) is 6.04 Å². The van der Waals surface area contributed by atoms with E-state index in [1.54, 1.807) is 19.1 Å². The average Bonchev–Trinajstić information content (AvgIpc) is 2.19. The maximum atomic E-state index is 11.8. The van der Waals surface area contributed by atoms with Crippen LogP contribution < -0.4 is 4.31 Å². The first-order chi connectivity index (χ1) is 8.14. The van der Waals surface area contributed by atoms with E-state index in [1.807, 2.05) is 13.0 Å². The number of hydrogen-bond donors (Lipinski definition) is 1. The molecule has 0 radical (unpaired) electrons. The number of carbonyl (C=O) groups is 1. The van der Waals surface area contributed by atoms with Crippen molar-refractivity contribution in [2.45, 2.75) is 26.8 Å². The lowest BCUT2D eigenvalue weighted by Crippen LogP contribution is -2.43. The topological polar surface area (TPSA) is 74.7 Å². The second-order valence-corrected chi connectivity index (χ2v) is 6.22. The Kier molecular flexibility index (Phi) is 4.01. The SMILES string of the molecule is Cc1ccc(N(C(C)C(=O)O)S(C)(=O)=O)c(C)c1. The van der Waals surface area contributed by atoms with Crippen LogP contribution in [0.2, 0.25) is 0 Å².